The summed E-state index contributed by atoms with van der Waals surface area (Å²) in [4.78, 5) is 13.5. The highest BCUT2D eigenvalue weighted by atomic mass is 35.5. The molecule has 2 bridgehead atoms. The second kappa shape index (κ2) is 8.35. The molecule has 4 aliphatic rings. The van der Waals surface area contributed by atoms with E-state index in [0.717, 1.165) is 6.07 Å². The maximum atomic E-state index is 13.5. The van der Waals surface area contributed by atoms with Crippen LogP contribution in [-0.2, 0) is 14.9 Å². The van der Waals surface area contributed by atoms with Gasteiger partial charge >= 0.3 is 6.18 Å². The SMILES string of the molecule is O=C(COc1ccc(Cl)c(F)c1)NC12CC(c3nnc([C@@H]4CN(CC(F)(F)F)CCO4)o3)(C1)C2. The molecule has 1 aromatic heterocycles. The molecule has 3 aliphatic carbocycles. The number of hydrogen-bond donors (Lipinski definition) is 1. The number of nitrogens with zero attached hydrogens (tertiary/aromatic N) is 3. The Morgan fingerprint density at radius 1 is 1.29 bits per heavy atom. The first kappa shape index (κ1) is 23.3. The fourth-order valence-corrected chi connectivity index (χ4v) is 5.14. The number of ether oxygens (including phenoxy) is 2. The topological polar surface area (TPSA) is 89.7 Å². The van der Waals surface area contributed by atoms with Gasteiger partial charge < -0.3 is 19.2 Å². The summed E-state index contributed by atoms with van der Waals surface area (Å²) in [5.74, 6) is -0.207. The summed E-state index contributed by atoms with van der Waals surface area (Å²) in [5, 5.41) is 11.0. The van der Waals surface area contributed by atoms with Crippen molar-refractivity contribution in [3.8, 4) is 5.75 Å². The van der Waals surface area contributed by atoms with Crippen molar-refractivity contribution in [2.45, 2.75) is 42.5 Å². The zero-order chi connectivity index (χ0) is 24.1. The van der Waals surface area contributed by atoms with Gasteiger partial charge in [0.1, 0.15) is 17.7 Å². The molecule has 0 radical (unpaired) electrons. The molecular weight excluding hydrogens is 484 g/mol. The van der Waals surface area contributed by atoms with Gasteiger partial charge in [-0.1, -0.05) is 11.6 Å². The summed E-state index contributed by atoms with van der Waals surface area (Å²) >= 11 is 5.62. The largest absolute Gasteiger partial charge is 0.484 e. The number of amides is 1. The monoisotopic (exact) mass is 504 g/mol. The van der Waals surface area contributed by atoms with Gasteiger partial charge in [-0.2, -0.15) is 13.2 Å². The first-order valence-electron chi connectivity index (χ1n) is 10.7. The predicted octanol–water partition coefficient (Wildman–Crippen LogP) is 3.17. The second-order valence-electron chi connectivity index (χ2n) is 9.16. The number of carbonyl (C=O) groups is 1. The van der Waals surface area contributed by atoms with Gasteiger partial charge in [0.15, 0.2) is 6.61 Å². The van der Waals surface area contributed by atoms with Gasteiger partial charge in [0, 0.05) is 24.7 Å². The van der Waals surface area contributed by atoms with Crippen LogP contribution in [0.5, 0.6) is 5.75 Å². The summed E-state index contributed by atoms with van der Waals surface area (Å²) in [6, 6.07) is 3.93. The van der Waals surface area contributed by atoms with Crippen LogP contribution in [0.1, 0.15) is 37.1 Å². The smallest absolute Gasteiger partial charge is 0.401 e. The highest BCUT2D eigenvalue weighted by molar-refractivity contribution is 6.30. The number of benzene rings is 1. The van der Waals surface area contributed by atoms with Crippen molar-refractivity contribution in [3.63, 3.8) is 0 Å². The molecule has 4 fully saturated rings. The molecular formula is C21H21ClF4N4O4. The van der Waals surface area contributed by atoms with Gasteiger partial charge in [-0.15, -0.1) is 10.2 Å². The third kappa shape index (κ3) is 4.58. The van der Waals surface area contributed by atoms with Crippen LogP contribution >= 0.6 is 11.6 Å². The number of hydrogen-bond acceptors (Lipinski definition) is 7. The molecule has 34 heavy (non-hydrogen) atoms. The first-order chi connectivity index (χ1) is 16.0. The number of nitrogens with one attached hydrogen (secondary N) is 1. The lowest BCUT2D eigenvalue weighted by molar-refractivity contribution is -0.161. The lowest BCUT2D eigenvalue weighted by Crippen LogP contribution is -2.77. The molecule has 2 heterocycles. The average molecular weight is 505 g/mol. The molecule has 0 unspecified atom stereocenters. The van der Waals surface area contributed by atoms with Crippen LogP contribution in [-0.4, -0.2) is 65.6 Å². The Bertz CT molecular complexity index is 1080. The van der Waals surface area contributed by atoms with Gasteiger partial charge in [-0.05, 0) is 31.4 Å². The molecule has 3 saturated carbocycles. The summed E-state index contributed by atoms with van der Waals surface area (Å²) in [6.07, 6.45) is -3.19. The summed E-state index contributed by atoms with van der Waals surface area (Å²) in [6.45, 7) is -0.945. The van der Waals surface area contributed by atoms with E-state index in [1.165, 1.54) is 17.0 Å². The number of rotatable bonds is 7. The quantitative estimate of drug-likeness (QED) is 0.579. The van der Waals surface area contributed by atoms with E-state index >= 15 is 0 Å². The van der Waals surface area contributed by atoms with Gasteiger partial charge in [0.25, 0.3) is 5.91 Å². The van der Waals surface area contributed by atoms with Crippen LogP contribution in [0.25, 0.3) is 0 Å². The normalized spacial score (nSPS) is 28.7. The Hall–Kier alpha value is -2.44. The third-order valence-electron chi connectivity index (χ3n) is 6.42. The van der Waals surface area contributed by atoms with Crippen LogP contribution in [0, 0.1) is 5.82 Å². The van der Waals surface area contributed by atoms with E-state index in [9.17, 15) is 22.4 Å². The Labute approximate surface area is 196 Å². The minimum absolute atomic E-state index is 0.0195. The van der Waals surface area contributed by atoms with E-state index in [2.05, 4.69) is 15.5 Å². The molecule has 1 aromatic carbocycles. The van der Waals surface area contributed by atoms with Crippen LogP contribution in [0.2, 0.25) is 5.02 Å². The molecule has 1 atom stereocenters. The van der Waals surface area contributed by atoms with Crippen LogP contribution in [0.4, 0.5) is 17.6 Å². The molecule has 0 spiro atoms. The van der Waals surface area contributed by atoms with Crippen molar-refractivity contribution < 1.29 is 36.2 Å². The fourth-order valence-electron chi connectivity index (χ4n) is 5.02. The van der Waals surface area contributed by atoms with Gasteiger partial charge in [0.2, 0.25) is 11.8 Å². The minimum atomic E-state index is -4.29. The van der Waals surface area contributed by atoms with Gasteiger partial charge in [0.05, 0.1) is 23.6 Å². The van der Waals surface area contributed by atoms with Crippen molar-refractivity contribution in [1.29, 1.82) is 0 Å². The molecule has 1 amide bonds. The fraction of sp³-hybridized carbons (Fsp3) is 0.571. The predicted molar refractivity (Wildman–Crippen MR) is 109 cm³/mol. The van der Waals surface area contributed by atoms with Crippen molar-refractivity contribution in [3.05, 3.63) is 40.8 Å². The van der Waals surface area contributed by atoms with Gasteiger partial charge in [-0.3, -0.25) is 9.69 Å². The first-order valence-corrected chi connectivity index (χ1v) is 11.1. The van der Waals surface area contributed by atoms with Gasteiger partial charge in [-0.25, -0.2) is 4.39 Å². The molecule has 1 saturated heterocycles. The highest BCUT2D eigenvalue weighted by Crippen LogP contribution is 2.67. The minimum Gasteiger partial charge on any atom is -0.484 e. The van der Waals surface area contributed by atoms with Crippen LogP contribution in [0.15, 0.2) is 22.6 Å². The van der Waals surface area contributed by atoms with Crippen molar-refractivity contribution in [1.82, 2.24) is 20.4 Å². The summed E-state index contributed by atoms with van der Waals surface area (Å²) in [7, 11) is 0. The third-order valence-corrected chi connectivity index (χ3v) is 6.73. The Kier molecular flexibility index (Phi) is 5.72. The number of carbonyl (C=O) groups excluding carboxylic acids is 1. The maximum Gasteiger partial charge on any atom is 0.401 e. The number of aromatic nitrogens is 2. The maximum absolute atomic E-state index is 13.5. The molecule has 1 N–H and O–H groups in total. The van der Waals surface area contributed by atoms with Crippen molar-refractivity contribution in [2.75, 3.05) is 32.8 Å². The molecule has 6 rings (SSSR count). The summed E-state index contributed by atoms with van der Waals surface area (Å²) in [5.41, 5.74) is -0.732. The van der Waals surface area contributed by atoms with E-state index in [-0.39, 0.29) is 59.8 Å². The molecule has 8 nitrogen and oxygen atoms in total. The standard InChI is InChI=1S/C21H21ClF4N4O4/c22-13-2-1-12(5-14(13)23)33-7-16(31)27-20-8-19(9-20,10-20)18-29-28-17(34-18)15-6-30(3-4-32-15)11-21(24,25)26/h1-2,5,15H,3-4,6-11H2,(H,27,31)/t15-,19?,20?/m0/s1. The number of halogens is 5. The summed E-state index contributed by atoms with van der Waals surface area (Å²) < 4.78 is 68.2. The zero-order valence-electron chi connectivity index (χ0n) is 17.8. The van der Waals surface area contributed by atoms with Crippen LogP contribution < -0.4 is 10.1 Å². The highest BCUT2D eigenvalue weighted by Gasteiger charge is 2.71. The van der Waals surface area contributed by atoms with Crippen molar-refractivity contribution >= 4 is 17.5 Å². The Balaban J connectivity index is 1.12. The van der Waals surface area contributed by atoms with E-state index < -0.39 is 24.6 Å². The van der Waals surface area contributed by atoms with E-state index in [1.54, 1.807) is 0 Å². The number of morpholine rings is 1. The lowest BCUT2D eigenvalue weighted by atomic mass is 9.39. The molecule has 2 aromatic rings. The molecule has 13 heteroatoms. The van der Waals surface area contributed by atoms with Crippen LogP contribution in [0.3, 0.4) is 0 Å². The molecule has 1 aliphatic heterocycles. The lowest BCUT2D eigenvalue weighted by Gasteiger charge is -2.68. The van der Waals surface area contributed by atoms with E-state index in [0.29, 0.717) is 25.2 Å². The average Bonchev–Trinajstić information content (AvgIpc) is 3.19. The second-order valence-corrected chi connectivity index (χ2v) is 9.57. The molecule has 184 valence electrons. The number of alkyl halides is 3. The van der Waals surface area contributed by atoms with E-state index in [4.69, 9.17) is 25.5 Å². The zero-order valence-corrected chi connectivity index (χ0v) is 18.6. The van der Waals surface area contributed by atoms with E-state index in [1.807, 2.05) is 0 Å². The Morgan fingerprint density at radius 3 is 2.76 bits per heavy atom. The van der Waals surface area contributed by atoms with Crippen molar-refractivity contribution in [2.24, 2.45) is 0 Å². The Morgan fingerprint density at radius 2 is 2.06 bits per heavy atom.